The van der Waals surface area contributed by atoms with Crippen LogP contribution in [0, 0.1) is 13.8 Å². The largest absolute Gasteiger partial charge is 0.496 e. The molecule has 5 heteroatoms. The molecule has 1 aromatic rings. The van der Waals surface area contributed by atoms with Gasteiger partial charge in [-0.3, -0.25) is 16.3 Å². The third-order valence-electron chi connectivity index (χ3n) is 4.74. The van der Waals surface area contributed by atoms with Crippen molar-refractivity contribution in [2.75, 3.05) is 14.2 Å². The Labute approximate surface area is 127 Å². The quantitative estimate of drug-likeness (QED) is 0.595. The van der Waals surface area contributed by atoms with Gasteiger partial charge < -0.3 is 9.47 Å². The van der Waals surface area contributed by atoms with E-state index in [0.717, 1.165) is 48.3 Å². The van der Waals surface area contributed by atoms with Crippen LogP contribution in [0.2, 0.25) is 0 Å². The van der Waals surface area contributed by atoms with Crippen molar-refractivity contribution in [3.63, 3.8) is 0 Å². The highest BCUT2D eigenvalue weighted by Gasteiger charge is 2.39. The second-order valence-electron chi connectivity index (χ2n) is 6.06. The van der Waals surface area contributed by atoms with E-state index in [1.54, 1.807) is 14.2 Å². The molecule has 0 saturated heterocycles. The van der Waals surface area contributed by atoms with Gasteiger partial charge in [-0.2, -0.15) is 0 Å². The van der Waals surface area contributed by atoms with E-state index in [2.05, 4.69) is 17.3 Å². The molecule has 21 heavy (non-hydrogen) atoms. The molecule has 118 valence electrons. The maximum atomic E-state index is 5.75. The summed E-state index contributed by atoms with van der Waals surface area (Å²) in [6.45, 7) is 4.06. The summed E-state index contributed by atoms with van der Waals surface area (Å²) in [4.78, 5) is 4.56. The minimum Gasteiger partial charge on any atom is -0.496 e. The van der Waals surface area contributed by atoms with Crippen molar-refractivity contribution in [3.8, 4) is 5.75 Å². The molecule has 5 nitrogen and oxygen atoms in total. The number of rotatable bonds is 7. The molecule has 1 aromatic heterocycles. The Kier molecular flexibility index (Phi) is 5.19. The monoisotopic (exact) mass is 293 g/mol. The number of nitrogens with one attached hydrogen (secondary N) is 1. The van der Waals surface area contributed by atoms with Gasteiger partial charge in [-0.1, -0.05) is 0 Å². The molecule has 1 aliphatic carbocycles. The summed E-state index contributed by atoms with van der Waals surface area (Å²) >= 11 is 0. The third kappa shape index (κ3) is 3.36. The Bertz CT molecular complexity index is 481. The molecule has 1 heterocycles. The van der Waals surface area contributed by atoms with Crippen LogP contribution in [-0.4, -0.2) is 30.8 Å². The lowest BCUT2D eigenvalue weighted by molar-refractivity contribution is -0.0834. The lowest BCUT2D eigenvalue weighted by atomic mass is 9.75. The Morgan fingerprint density at radius 1 is 1.38 bits per heavy atom. The summed E-state index contributed by atoms with van der Waals surface area (Å²) < 4.78 is 11.2. The molecule has 0 amide bonds. The predicted octanol–water partition coefficient (Wildman–Crippen LogP) is 2.04. The van der Waals surface area contributed by atoms with Crippen LogP contribution in [0.15, 0.2) is 6.20 Å². The average molecular weight is 293 g/mol. The van der Waals surface area contributed by atoms with Crippen LogP contribution in [0.5, 0.6) is 5.75 Å². The highest BCUT2D eigenvalue weighted by atomic mass is 16.5. The molecule has 3 N–H and O–H groups in total. The fourth-order valence-electron chi connectivity index (χ4n) is 3.21. The second kappa shape index (κ2) is 6.73. The van der Waals surface area contributed by atoms with Crippen molar-refractivity contribution in [2.45, 2.75) is 57.6 Å². The van der Waals surface area contributed by atoms with Gasteiger partial charge in [0.25, 0.3) is 0 Å². The van der Waals surface area contributed by atoms with Crippen molar-refractivity contribution in [1.29, 1.82) is 0 Å². The third-order valence-corrected chi connectivity index (χ3v) is 4.74. The summed E-state index contributed by atoms with van der Waals surface area (Å²) in [6, 6.07) is 0.156. The number of ether oxygens (including phenoxy) is 2. The maximum absolute atomic E-state index is 5.75. The highest BCUT2D eigenvalue weighted by Crippen LogP contribution is 2.39. The Hall–Kier alpha value is -1.17. The summed E-state index contributed by atoms with van der Waals surface area (Å²) in [5, 5.41) is 0. The lowest BCUT2D eigenvalue weighted by Gasteiger charge is -2.42. The zero-order valence-electron chi connectivity index (χ0n) is 13.5. The smallest absolute Gasteiger partial charge is 0.128 e. The first-order valence-electron chi connectivity index (χ1n) is 7.55. The number of hydrogen-bond donors (Lipinski definition) is 2. The van der Waals surface area contributed by atoms with Gasteiger partial charge in [0.2, 0.25) is 0 Å². The second-order valence-corrected chi connectivity index (χ2v) is 6.06. The molecule has 2 rings (SSSR count). The normalized spacial score (nSPS) is 18.1. The Balaban J connectivity index is 2.11. The standard InChI is InChI=1S/C16H27N3O2/c1-11-10-18-14(12(2)15(11)20-3)8-13(19-17)9-16(21-4)6-5-7-16/h10,13,19H,5-9,17H2,1-4H3. The first-order valence-corrected chi connectivity index (χ1v) is 7.55. The number of hydrazine groups is 1. The van der Waals surface area contributed by atoms with E-state index in [1.165, 1.54) is 6.42 Å². The minimum absolute atomic E-state index is 0.000273. The van der Waals surface area contributed by atoms with E-state index in [-0.39, 0.29) is 11.6 Å². The summed E-state index contributed by atoms with van der Waals surface area (Å²) in [7, 11) is 3.50. The van der Waals surface area contributed by atoms with E-state index < -0.39 is 0 Å². The number of nitrogens with zero attached hydrogens (tertiary/aromatic N) is 1. The van der Waals surface area contributed by atoms with Gasteiger partial charge in [0.15, 0.2) is 0 Å². The number of aryl methyl sites for hydroxylation is 1. The van der Waals surface area contributed by atoms with Gasteiger partial charge in [-0.25, -0.2) is 0 Å². The number of pyridine rings is 1. The van der Waals surface area contributed by atoms with Crippen molar-refractivity contribution in [1.82, 2.24) is 10.4 Å². The zero-order chi connectivity index (χ0) is 15.5. The van der Waals surface area contributed by atoms with Gasteiger partial charge in [0.1, 0.15) is 5.75 Å². The van der Waals surface area contributed by atoms with Crippen LogP contribution in [0.4, 0.5) is 0 Å². The van der Waals surface area contributed by atoms with Crippen molar-refractivity contribution >= 4 is 0 Å². The SMILES string of the molecule is COc1c(C)cnc(CC(CC2(OC)CCC2)NN)c1C. The van der Waals surface area contributed by atoms with Crippen LogP contribution in [-0.2, 0) is 11.2 Å². The molecule has 0 aliphatic heterocycles. The molecule has 0 aromatic carbocycles. The fourth-order valence-corrected chi connectivity index (χ4v) is 3.21. The first kappa shape index (κ1) is 16.2. The van der Waals surface area contributed by atoms with Gasteiger partial charge in [-0.15, -0.1) is 0 Å². The van der Waals surface area contributed by atoms with Crippen molar-refractivity contribution in [3.05, 3.63) is 23.0 Å². The molecule has 1 fully saturated rings. The van der Waals surface area contributed by atoms with E-state index in [0.29, 0.717) is 0 Å². The van der Waals surface area contributed by atoms with E-state index >= 15 is 0 Å². The van der Waals surface area contributed by atoms with E-state index in [1.807, 2.05) is 13.1 Å². The number of nitrogens with two attached hydrogens (primary N) is 1. The summed E-state index contributed by atoms with van der Waals surface area (Å²) in [6.07, 6.45) is 7.03. The maximum Gasteiger partial charge on any atom is 0.128 e. The van der Waals surface area contributed by atoms with Gasteiger partial charge >= 0.3 is 0 Å². The lowest BCUT2D eigenvalue weighted by Crippen LogP contribution is -2.48. The van der Waals surface area contributed by atoms with Crippen LogP contribution in [0.3, 0.4) is 0 Å². The van der Waals surface area contributed by atoms with Crippen LogP contribution in [0.25, 0.3) is 0 Å². The topological polar surface area (TPSA) is 69.4 Å². The fraction of sp³-hybridized carbons (Fsp3) is 0.688. The van der Waals surface area contributed by atoms with Gasteiger partial charge in [0.05, 0.1) is 12.7 Å². The molecule has 1 atom stereocenters. The Morgan fingerprint density at radius 3 is 2.57 bits per heavy atom. The highest BCUT2D eigenvalue weighted by molar-refractivity contribution is 5.41. The van der Waals surface area contributed by atoms with Crippen LogP contribution in [0.1, 0.15) is 42.5 Å². The summed E-state index contributed by atoms with van der Waals surface area (Å²) in [5.74, 6) is 6.66. The van der Waals surface area contributed by atoms with Gasteiger partial charge in [0, 0.05) is 42.6 Å². The average Bonchev–Trinajstić information content (AvgIpc) is 2.44. The molecule has 0 radical (unpaired) electrons. The molecule has 1 unspecified atom stereocenters. The predicted molar refractivity (Wildman–Crippen MR) is 83.3 cm³/mol. The van der Waals surface area contributed by atoms with Crippen molar-refractivity contribution < 1.29 is 9.47 Å². The number of hydrogen-bond acceptors (Lipinski definition) is 5. The van der Waals surface area contributed by atoms with E-state index in [4.69, 9.17) is 15.3 Å². The van der Waals surface area contributed by atoms with Crippen molar-refractivity contribution in [2.24, 2.45) is 5.84 Å². The molecule has 0 bridgehead atoms. The van der Waals surface area contributed by atoms with Crippen LogP contribution >= 0.6 is 0 Å². The minimum atomic E-state index is -0.000273. The van der Waals surface area contributed by atoms with Gasteiger partial charge in [-0.05, 0) is 39.5 Å². The van der Waals surface area contributed by atoms with Crippen LogP contribution < -0.4 is 16.0 Å². The molecular weight excluding hydrogens is 266 g/mol. The zero-order valence-corrected chi connectivity index (χ0v) is 13.5. The molecule has 1 saturated carbocycles. The molecule has 0 spiro atoms. The first-order chi connectivity index (χ1) is 10.0. The molecular formula is C16H27N3O2. The Morgan fingerprint density at radius 2 is 2.10 bits per heavy atom. The summed E-state index contributed by atoms with van der Waals surface area (Å²) in [5.41, 5.74) is 6.11. The van der Waals surface area contributed by atoms with E-state index in [9.17, 15) is 0 Å². The number of methoxy groups -OCH3 is 2. The molecule has 1 aliphatic rings. The number of aromatic nitrogens is 1.